The molecule has 0 aliphatic rings. The van der Waals surface area contributed by atoms with Gasteiger partial charge in [-0.05, 0) is 47.0 Å². The maximum absolute atomic E-state index is 11.8. The van der Waals surface area contributed by atoms with Gasteiger partial charge in [0.25, 0.3) is 5.91 Å². The summed E-state index contributed by atoms with van der Waals surface area (Å²) in [5, 5.41) is 11.7. The highest BCUT2D eigenvalue weighted by molar-refractivity contribution is 9.10. The molecule has 0 aliphatic heterocycles. The van der Waals surface area contributed by atoms with Crippen LogP contribution in [-0.2, 0) is 4.79 Å². The maximum atomic E-state index is 11.8. The molecule has 0 aliphatic carbocycles. The molecule has 1 aromatic rings. The molecule has 2 N–H and O–H groups in total. The molecule has 6 heteroatoms. The summed E-state index contributed by atoms with van der Waals surface area (Å²) >= 11 is 3.27. The van der Waals surface area contributed by atoms with Gasteiger partial charge in [-0.25, -0.2) is 4.79 Å². The van der Waals surface area contributed by atoms with E-state index < -0.39 is 12.1 Å². The first-order valence-corrected chi connectivity index (χ1v) is 7.07. The molecule has 0 bridgehead atoms. The molecular formula is C14H18BrNO4. The van der Waals surface area contributed by atoms with Gasteiger partial charge in [0.1, 0.15) is 5.75 Å². The van der Waals surface area contributed by atoms with Crippen LogP contribution < -0.4 is 10.1 Å². The zero-order chi connectivity index (χ0) is 15.3. The number of hydrogen-bond donors (Lipinski definition) is 2. The number of benzene rings is 1. The number of nitrogens with one attached hydrogen (secondary N) is 1. The summed E-state index contributed by atoms with van der Waals surface area (Å²) < 4.78 is 6.11. The fraction of sp³-hybridized carbons (Fsp3) is 0.429. The van der Waals surface area contributed by atoms with Crippen LogP contribution in [0.25, 0.3) is 0 Å². The Kier molecular flexibility index (Phi) is 6.01. The number of halogens is 1. The van der Waals surface area contributed by atoms with Gasteiger partial charge in [0, 0.05) is 6.54 Å². The van der Waals surface area contributed by atoms with Gasteiger partial charge < -0.3 is 15.2 Å². The van der Waals surface area contributed by atoms with E-state index in [2.05, 4.69) is 21.2 Å². The van der Waals surface area contributed by atoms with E-state index in [-0.39, 0.29) is 11.5 Å². The van der Waals surface area contributed by atoms with Crippen molar-refractivity contribution < 1.29 is 19.4 Å². The molecule has 1 aromatic carbocycles. The van der Waals surface area contributed by atoms with Crippen LogP contribution in [0.3, 0.4) is 0 Å². The molecule has 1 unspecified atom stereocenters. The molecule has 0 fully saturated rings. The van der Waals surface area contributed by atoms with Crippen LogP contribution in [0.4, 0.5) is 0 Å². The van der Waals surface area contributed by atoms with E-state index in [9.17, 15) is 9.59 Å². The molecule has 1 amide bonds. The van der Waals surface area contributed by atoms with E-state index in [4.69, 9.17) is 9.84 Å². The number of carboxylic acids is 1. The van der Waals surface area contributed by atoms with Gasteiger partial charge in [0.2, 0.25) is 0 Å². The van der Waals surface area contributed by atoms with Gasteiger partial charge in [0.15, 0.2) is 6.10 Å². The van der Waals surface area contributed by atoms with Crippen LogP contribution in [0.5, 0.6) is 5.75 Å². The number of hydrogen-bond acceptors (Lipinski definition) is 3. The highest BCUT2D eigenvalue weighted by atomic mass is 79.9. The fourth-order valence-corrected chi connectivity index (χ4v) is 1.76. The highest BCUT2D eigenvalue weighted by Crippen LogP contribution is 2.27. The minimum absolute atomic E-state index is 0.109. The molecule has 0 spiro atoms. The smallest absolute Gasteiger partial charge is 0.335 e. The molecule has 0 aromatic heterocycles. The van der Waals surface area contributed by atoms with E-state index in [1.54, 1.807) is 13.0 Å². The average molecular weight is 344 g/mol. The molecule has 5 nitrogen and oxygen atoms in total. The first-order valence-electron chi connectivity index (χ1n) is 6.28. The van der Waals surface area contributed by atoms with Gasteiger partial charge >= 0.3 is 5.97 Å². The molecular weight excluding hydrogens is 326 g/mol. The number of carbonyl (C=O) groups is 2. The predicted octanol–water partition coefficient (Wildman–Crippen LogP) is 2.69. The van der Waals surface area contributed by atoms with Crippen molar-refractivity contribution in [1.82, 2.24) is 5.32 Å². The van der Waals surface area contributed by atoms with Crippen LogP contribution in [0.2, 0.25) is 0 Å². The van der Waals surface area contributed by atoms with Crippen LogP contribution in [0.1, 0.15) is 31.1 Å². The lowest BCUT2D eigenvalue weighted by Gasteiger charge is -2.16. The van der Waals surface area contributed by atoms with E-state index in [0.717, 1.165) is 0 Å². The van der Waals surface area contributed by atoms with E-state index in [0.29, 0.717) is 22.7 Å². The Balaban J connectivity index is 2.74. The quantitative estimate of drug-likeness (QED) is 0.832. The second-order valence-electron chi connectivity index (χ2n) is 4.85. The molecule has 0 saturated carbocycles. The van der Waals surface area contributed by atoms with Gasteiger partial charge in [-0.15, -0.1) is 0 Å². The first-order chi connectivity index (χ1) is 9.31. The third-order valence-corrected chi connectivity index (χ3v) is 3.19. The third kappa shape index (κ3) is 4.85. The Hall–Kier alpha value is -1.56. The maximum Gasteiger partial charge on any atom is 0.335 e. The fourth-order valence-electron chi connectivity index (χ4n) is 1.42. The van der Waals surface area contributed by atoms with Crippen molar-refractivity contribution in [2.24, 2.45) is 5.92 Å². The monoisotopic (exact) mass is 343 g/mol. The van der Waals surface area contributed by atoms with Crippen LogP contribution >= 0.6 is 15.9 Å². The first kappa shape index (κ1) is 16.5. The lowest BCUT2D eigenvalue weighted by Crippen LogP contribution is -2.38. The Morgan fingerprint density at radius 3 is 2.55 bits per heavy atom. The van der Waals surface area contributed by atoms with Crippen molar-refractivity contribution in [3.05, 3.63) is 28.2 Å². The van der Waals surface area contributed by atoms with Crippen LogP contribution in [0, 0.1) is 5.92 Å². The van der Waals surface area contributed by atoms with Gasteiger partial charge in [-0.2, -0.15) is 0 Å². The summed E-state index contributed by atoms with van der Waals surface area (Å²) in [6, 6.07) is 4.43. The van der Waals surface area contributed by atoms with Gasteiger partial charge in [0.05, 0.1) is 10.0 Å². The van der Waals surface area contributed by atoms with Crippen LogP contribution in [-0.4, -0.2) is 29.6 Å². The number of amides is 1. The molecule has 0 saturated heterocycles. The minimum atomic E-state index is -1.04. The summed E-state index contributed by atoms with van der Waals surface area (Å²) in [6.07, 6.45) is -0.700. The van der Waals surface area contributed by atoms with Crippen molar-refractivity contribution in [3.8, 4) is 5.75 Å². The third-order valence-electron chi connectivity index (χ3n) is 2.54. The highest BCUT2D eigenvalue weighted by Gasteiger charge is 2.17. The van der Waals surface area contributed by atoms with Crippen molar-refractivity contribution in [3.63, 3.8) is 0 Å². The van der Waals surface area contributed by atoms with Crippen molar-refractivity contribution in [2.45, 2.75) is 26.9 Å². The van der Waals surface area contributed by atoms with Crippen LogP contribution in [0.15, 0.2) is 22.7 Å². The number of carboxylic acid groups (broad SMARTS) is 1. The number of aromatic carboxylic acids is 1. The van der Waals surface area contributed by atoms with Crippen molar-refractivity contribution in [2.75, 3.05) is 6.54 Å². The largest absolute Gasteiger partial charge is 0.480 e. The van der Waals surface area contributed by atoms with Gasteiger partial charge in [-0.3, -0.25) is 4.79 Å². The minimum Gasteiger partial charge on any atom is -0.480 e. The molecule has 1 atom stereocenters. The molecule has 20 heavy (non-hydrogen) atoms. The zero-order valence-electron chi connectivity index (χ0n) is 11.6. The second-order valence-corrected chi connectivity index (χ2v) is 5.70. The Morgan fingerprint density at radius 2 is 2.00 bits per heavy atom. The predicted molar refractivity (Wildman–Crippen MR) is 79.0 cm³/mol. The number of rotatable bonds is 6. The van der Waals surface area contributed by atoms with E-state index in [1.807, 2.05) is 13.8 Å². The summed E-state index contributed by atoms with van der Waals surface area (Å²) in [7, 11) is 0. The normalized spacial score (nSPS) is 12.1. The lowest BCUT2D eigenvalue weighted by molar-refractivity contribution is -0.127. The summed E-state index contributed by atoms with van der Waals surface area (Å²) in [4.78, 5) is 22.7. The zero-order valence-corrected chi connectivity index (χ0v) is 13.2. The molecule has 0 radical (unpaired) electrons. The summed E-state index contributed by atoms with van der Waals surface area (Å²) in [5.74, 6) is -0.587. The SMILES string of the molecule is CC(C)CNC(=O)C(C)Oc1cc(C(=O)O)ccc1Br. The van der Waals surface area contributed by atoms with E-state index >= 15 is 0 Å². The average Bonchev–Trinajstić information content (AvgIpc) is 2.37. The molecule has 0 heterocycles. The molecule has 110 valence electrons. The summed E-state index contributed by atoms with van der Waals surface area (Å²) in [6.45, 7) is 6.19. The van der Waals surface area contributed by atoms with E-state index in [1.165, 1.54) is 12.1 Å². The summed E-state index contributed by atoms with van der Waals surface area (Å²) in [5.41, 5.74) is 0.109. The van der Waals surface area contributed by atoms with Crippen molar-refractivity contribution >= 4 is 27.8 Å². The number of ether oxygens (including phenoxy) is 1. The standard InChI is InChI=1S/C14H18BrNO4/c1-8(2)7-16-13(17)9(3)20-12-6-10(14(18)19)4-5-11(12)15/h4-6,8-9H,7H2,1-3H3,(H,16,17)(H,18,19). The lowest BCUT2D eigenvalue weighted by atomic mass is 10.2. The Bertz CT molecular complexity index is 502. The Morgan fingerprint density at radius 1 is 1.35 bits per heavy atom. The number of carbonyl (C=O) groups excluding carboxylic acids is 1. The van der Waals surface area contributed by atoms with Gasteiger partial charge in [-0.1, -0.05) is 13.8 Å². The Labute approximate surface area is 126 Å². The topological polar surface area (TPSA) is 75.6 Å². The molecule has 1 rings (SSSR count). The second kappa shape index (κ2) is 7.28. The van der Waals surface area contributed by atoms with Crippen molar-refractivity contribution in [1.29, 1.82) is 0 Å².